The van der Waals surface area contributed by atoms with Crippen molar-refractivity contribution >= 4 is 5.69 Å². The van der Waals surface area contributed by atoms with Crippen LogP contribution in [0.3, 0.4) is 0 Å². The zero-order valence-electron chi connectivity index (χ0n) is 11.5. The molecular formula is C17H21NO. The van der Waals surface area contributed by atoms with Gasteiger partial charge in [0.05, 0.1) is 6.10 Å². The minimum Gasteiger partial charge on any atom is -0.398 e. The Bertz CT molecular complexity index is 534. The van der Waals surface area contributed by atoms with Crippen LogP contribution >= 0.6 is 0 Å². The molecule has 2 rings (SSSR count). The van der Waals surface area contributed by atoms with Gasteiger partial charge in [0.15, 0.2) is 0 Å². The van der Waals surface area contributed by atoms with Gasteiger partial charge in [-0.15, -0.1) is 0 Å². The van der Waals surface area contributed by atoms with Gasteiger partial charge in [-0.05, 0) is 23.1 Å². The van der Waals surface area contributed by atoms with Crippen LogP contribution in [0.4, 0.5) is 5.69 Å². The van der Waals surface area contributed by atoms with Crippen LogP contribution in [0.2, 0.25) is 0 Å². The van der Waals surface area contributed by atoms with Crippen molar-refractivity contribution < 1.29 is 5.11 Å². The second-order valence-electron chi connectivity index (χ2n) is 5.25. The molecule has 0 spiro atoms. The van der Waals surface area contributed by atoms with Gasteiger partial charge in [0.1, 0.15) is 0 Å². The van der Waals surface area contributed by atoms with Crippen LogP contribution in [0, 0.1) is 0 Å². The molecular weight excluding hydrogens is 234 g/mol. The molecule has 0 bridgehead atoms. The van der Waals surface area contributed by atoms with Crippen molar-refractivity contribution in [1.29, 1.82) is 0 Å². The average Bonchev–Trinajstić information content (AvgIpc) is 2.40. The number of anilines is 1. The molecule has 0 radical (unpaired) electrons. The zero-order valence-corrected chi connectivity index (χ0v) is 11.5. The number of aliphatic hydroxyl groups excluding tert-OH is 1. The average molecular weight is 255 g/mol. The molecule has 0 aliphatic carbocycles. The Hall–Kier alpha value is -1.80. The van der Waals surface area contributed by atoms with Gasteiger partial charge in [0.2, 0.25) is 0 Å². The molecule has 0 fully saturated rings. The third kappa shape index (κ3) is 3.36. The van der Waals surface area contributed by atoms with Crippen LogP contribution in [-0.4, -0.2) is 5.11 Å². The van der Waals surface area contributed by atoms with E-state index in [0.717, 1.165) is 11.1 Å². The number of hydrogen-bond donors (Lipinski definition) is 2. The SMILES string of the molecule is CC(C)c1ccc(N)c(C(O)Cc2ccccc2)c1. The first-order valence-electron chi connectivity index (χ1n) is 6.69. The number of hydrogen-bond acceptors (Lipinski definition) is 2. The lowest BCUT2D eigenvalue weighted by Crippen LogP contribution is -2.06. The highest BCUT2D eigenvalue weighted by Gasteiger charge is 2.13. The van der Waals surface area contributed by atoms with Crippen molar-refractivity contribution in [3.05, 3.63) is 65.2 Å². The maximum absolute atomic E-state index is 10.4. The smallest absolute Gasteiger partial charge is 0.0850 e. The van der Waals surface area contributed by atoms with E-state index in [0.29, 0.717) is 18.0 Å². The fraction of sp³-hybridized carbons (Fsp3) is 0.294. The Morgan fingerprint density at radius 2 is 1.74 bits per heavy atom. The molecule has 0 amide bonds. The molecule has 2 nitrogen and oxygen atoms in total. The van der Waals surface area contributed by atoms with E-state index in [9.17, 15) is 5.11 Å². The van der Waals surface area contributed by atoms with E-state index in [1.807, 2.05) is 48.5 Å². The third-order valence-corrected chi connectivity index (χ3v) is 3.41. The summed E-state index contributed by atoms with van der Waals surface area (Å²) in [6.45, 7) is 4.28. The highest BCUT2D eigenvalue weighted by atomic mass is 16.3. The molecule has 0 aromatic heterocycles. The van der Waals surface area contributed by atoms with E-state index >= 15 is 0 Å². The van der Waals surface area contributed by atoms with Crippen LogP contribution in [-0.2, 0) is 6.42 Å². The van der Waals surface area contributed by atoms with E-state index in [1.165, 1.54) is 5.56 Å². The molecule has 100 valence electrons. The molecule has 0 aliphatic heterocycles. The first kappa shape index (κ1) is 13.6. The van der Waals surface area contributed by atoms with Gasteiger partial charge >= 0.3 is 0 Å². The second-order valence-corrected chi connectivity index (χ2v) is 5.25. The predicted molar refractivity (Wildman–Crippen MR) is 80.0 cm³/mol. The molecule has 0 saturated carbocycles. The monoisotopic (exact) mass is 255 g/mol. The van der Waals surface area contributed by atoms with E-state index in [4.69, 9.17) is 5.73 Å². The van der Waals surface area contributed by atoms with Crippen LogP contribution in [0.1, 0.15) is 42.6 Å². The van der Waals surface area contributed by atoms with Gasteiger partial charge in [0.25, 0.3) is 0 Å². The Morgan fingerprint density at radius 1 is 1.05 bits per heavy atom. The quantitative estimate of drug-likeness (QED) is 0.819. The van der Waals surface area contributed by atoms with E-state index in [1.54, 1.807) is 0 Å². The zero-order chi connectivity index (χ0) is 13.8. The molecule has 1 unspecified atom stereocenters. The summed E-state index contributed by atoms with van der Waals surface area (Å²) in [5, 5.41) is 10.4. The van der Waals surface area contributed by atoms with Gasteiger partial charge in [-0.2, -0.15) is 0 Å². The van der Waals surface area contributed by atoms with Gasteiger partial charge in [-0.1, -0.05) is 56.3 Å². The maximum atomic E-state index is 10.4. The molecule has 0 heterocycles. The Morgan fingerprint density at radius 3 is 2.37 bits per heavy atom. The fourth-order valence-electron chi connectivity index (χ4n) is 2.19. The third-order valence-electron chi connectivity index (χ3n) is 3.41. The molecule has 2 aromatic rings. The van der Waals surface area contributed by atoms with Crippen LogP contribution < -0.4 is 5.73 Å². The molecule has 2 heteroatoms. The number of aliphatic hydroxyl groups is 1. The van der Waals surface area contributed by atoms with Crippen LogP contribution in [0.15, 0.2) is 48.5 Å². The lowest BCUT2D eigenvalue weighted by molar-refractivity contribution is 0.179. The van der Waals surface area contributed by atoms with Crippen molar-refractivity contribution in [1.82, 2.24) is 0 Å². The van der Waals surface area contributed by atoms with Crippen LogP contribution in [0.25, 0.3) is 0 Å². The first-order valence-corrected chi connectivity index (χ1v) is 6.69. The van der Waals surface area contributed by atoms with Gasteiger partial charge < -0.3 is 10.8 Å². The van der Waals surface area contributed by atoms with Crippen molar-refractivity contribution in [3.63, 3.8) is 0 Å². The minimum atomic E-state index is -0.555. The summed E-state index contributed by atoms with van der Waals surface area (Å²) >= 11 is 0. The standard InChI is InChI=1S/C17H21NO/c1-12(2)14-8-9-16(18)15(11-14)17(19)10-13-6-4-3-5-7-13/h3-9,11-12,17,19H,10,18H2,1-2H3. The summed E-state index contributed by atoms with van der Waals surface area (Å²) in [6, 6.07) is 15.9. The number of rotatable bonds is 4. The van der Waals surface area contributed by atoms with Gasteiger partial charge in [-0.3, -0.25) is 0 Å². The summed E-state index contributed by atoms with van der Waals surface area (Å²) in [5.41, 5.74) is 9.79. The van der Waals surface area contributed by atoms with Crippen LogP contribution in [0.5, 0.6) is 0 Å². The summed E-state index contributed by atoms with van der Waals surface area (Å²) < 4.78 is 0. The molecule has 2 aromatic carbocycles. The first-order chi connectivity index (χ1) is 9.08. The van der Waals surface area contributed by atoms with Crippen molar-refractivity contribution in [3.8, 4) is 0 Å². The van der Waals surface area contributed by atoms with Crippen molar-refractivity contribution in [2.24, 2.45) is 0 Å². The Balaban J connectivity index is 2.23. The van der Waals surface area contributed by atoms with E-state index < -0.39 is 6.10 Å². The predicted octanol–water partition coefficient (Wildman–Crippen LogP) is 3.67. The summed E-state index contributed by atoms with van der Waals surface area (Å²) in [5.74, 6) is 0.434. The van der Waals surface area contributed by atoms with E-state index in [-0.39, 0.29) is 0 Å². The topological polar surface area (TPSA) is 46.2 Å². The summed E-state index contributed by atoms with van der Waals surface area (Å²) in [4.78, 5) is 0. The summed E-state index contributed by atoms with van der Waals surface area (Å²) in [7, 11) is 0. The normalized spacial score (nSPS) is 12.6. The second kappa shape index (κ2) is 5.89. The minimum absolute atomic E-state index is 0.434. The lowest BCUT2D eigenvalue weighted by atomic mass is 9.94. The molecule has 0 aliphatic rings. The fourth-order valence-corrected chi connectivity index (χ4v) is 2.19. The van der Waals surface area contributed by atoms with E-state index in [2.05, 4.69) is 13.8 Å². The van der Waals surface area contributed by atoms with Crippen molar-refractivity contribution in [2.75, 3.05) is 5.73 Å². The Labute approximate surface area is 114 Å². The molecule has 0 saturated heterocycles. The van der Waals surface area contributed by atoms with Crippen molar-refractivity contribution in [2.45, 2.75) is 32.3 Å². The Kier molecular flexibility index (Phi) is 4.23. The number of nitrogen functional groups attached to an aromatic ring is 1. The number of nitrogens with two attached hydrogens (primary N) is 1. The molecule has 19 heavy (non-hydrogen) atoms. The van der Waals surface area contributed by atoms with Gasteiger partial charge in [-0.25, -0.2) is 0 Å². The maximum Gasteiger partial charge on any atom is 0.0850 e. The largest absolute Gasteiger partial charge is 0.398 e. The highest BCUT2D eigenvalue weighted by Crippen LogP contribution is 2.27. The summed E-state index contributed by atoms with van der Waals surface area (Å²) in [6.07, 6.45) is 0.0353. The highest BCUT2D eigenvalue weighted by molar-refractivity contribution is 5.50. The molecule has 3 N–H and O–H groups in total. The number of benzene rings is 2. The van der Waals surface area contributed by atoms with Gasteiger partial charge in [0, 0.05) is 17.7 Å². The molecule has 1 atom stereocenters. The lowest BCUT2D eigenvalue weighted by Gasteiger charge is -2.16.